The SMILES string of the molecule is CCNC(=NCC(=O)NCc1ccco1)N1CCC(CC(=O)NC)CC1. The van der Waals surface area contributed by atoms with E-state index in [0.29, 0.717) is 24.6 Å². The van der Waals surface area contributed by atoms with E-state index in [1.165, 1.54) is 0 Å². The Labute approximate surface area is 154 Å². The van der Waals surface area contributed by atoms with Gasteiger partial charge in [-0.3, -0.25) is 9.59 Å². The third-order valence-corrected chi connectivity index (χ3v) is 4.41. The lowest BCUT2D eigenvalue weighted by molar-refractivity contribution is -0.122. The summed E-state index contributed by atoms with van der Waals surface area (Å²) in [7, 11) is 1.67. The van der Waals surface area contributed by atoms with E-state index < -0.39 is 0 Å². The van der Waals surface area contributed by atoms with Gasteiger partial charge in [-0.25, -0.2) is 4.99 Å². The Hall–Kier alpha value is -2.51. The molecule has 0 unspecified atom stereocenters. The van der Waals surface area contributed by atoms with Gasteiger partial charge >= 0.3 is 0 Å². The van der Waals surface area contributed by atoms with Crippen LogP contribution in [0.15, 0.2) is 27.8 Å². The molecule has 0 atom stereocenters. The van der Waals surface area contributed by atoms with Crippen LogP contribution in [0.4, 0.5) is 0 Å². The number of nitrogens with one attached hydrogen (secondary N) is 3. The molecule has 0 radical (unpaired) electrons. The number of aliphatic imine (C=N–C) groups is 1. The maximum atomic E-state index is 12.0. The molecule has 26 heavy (non-hydrogen) atoms. The average Bonchev–Trinajstić information content (AvgIpc) is 3.17. The molecule has 0 aromatic carbocycles. The molecule has 1 aliphatic rings. The van der Waals surface area contributed by atoms with E-state index in [0.717, 1.165) is 38.4 Å². The maximum Gasteiger partial charge on any atom is 0.242 e. The highest BCUT2D eigenvalue weighted by molar-refractivity contribution is 5.85. The van der Waals surface area contributed by atoms with Crippen molar-refractivity contribution in [1.82, 2.24) is 20.9 Å². The third-order valence-electron chi connectivity index (χ3n) is 4.41. The van der Waals surface area contributed by atoms with E-state index in [2.05, 4.69) is 25.8 Å². The number of hydrogen-bond donors (Lipinski definition) is 3. The molecule has 2 heterocycles. The second kappa shape index (κ2) is 10.5. The summed E-state index contributed by atoms with van der Waals surface area (Å²) < 4.78 is 5.19. The summed E-state index contributed by atoms with van der Waals surface area (Å²) in [6, 6.07) is 3.60. The van der Waals surface area contributed by atoms with Crippen molar-refractivity contribution in [3.05, 3.63) is 24.2 Å². The zero-order valence-corrected chi connectivity index (χ0v) is 15.6. The second-order valence-corrected chi connectivity index (χ2v) is 6.33. The van der Waals surface area contributed by atoms with E-state index >= 15 is 0 Å². The van der Waals surface area contributed by atoms with Crippen LogP contribution in [0.3, 0.4) is 0 Å². The number of guanidine groups is 1. The van der Waals surface area contributed by atoms with E-state index in [4.69, 9.17) is 4.42 Å². The number of piperidine rings is 1. The van der Waals surface area contributed by atoms with Gasteiger partial charge in [0.1, 0.15) is 12.3 Å². The molecule has 8 heteroatoms. The van der Waals surface area contributed by atoms with Crippen LogP contribution in [0.5, 0.6) is 0 Å². The van der Waals surface area contributed by atoms with Crippen molar-refractivity contribution < 1.29 is 14.0 Å². The number of amides is 2. The highest BCUT2D eigenvalue weighted by atomic mass is 16.3. The molecule has 8 nitrogen and oxygen atoms in total. The molecule has 0 saturated carbocycles. The molecule has 2 rings (SSSR count). The van der Waals surface area contributed by atoms with Crippen molar-refractivity contribution in [2.24, 2.45) is 10.9 Å². The van der Waals surface area contributed by atoms with E-state index in [1.54, 1.807) is 19.4 Å². The first-order valence-corrected chi connectivity index (χ1v) is 9.15. The molecular formula is C18H29N5O3. The zero-order chi connectivity index (χ0) is 18.8. The first-order valence-electron chi connectivity index (χ1n) is 9.15. The maximum absolute atomic E-state index is 12.0. The topological polar surface area (TPSA) is 99.0 Å². The summed E-state index contributed by atoms with van der Waals surface area (Å²) in [5.41, 5.74) is 0. The molecule has 144 valence electrons. The van der Waals surface area contributed by atoms with Gasteiger partial charge in [0, 0.05) is 33.1 Å². The van der Waals surface area contributed by atoms with Gasteiger partial charge in [0.15, 0.2) is 5.96 Å². The quantitative estimate of drug-likeness (QED) is 0.489. The summed E-state index contributed by atoms with van der Waals surface area (Å²) >= 11 is 0. The third kappa shape index (κ3) is 6.42. The van der Waals surface area contributed by atoms with Gasteiger partial charge in [-0.1, -0.05) is 0 Å². The fourth-order valence-electron chi connectivity index (χ4n) is 2.94. The Balaban J connectivity index is 1.80. The molecule has 1 aromatic rings. The molecule has 1 saturated heterocycles. The van der Waals surface area contributed by atoms with Crippen LogP contribution in [0.2, 0.25) is 0 Å². The summed E-state index contributed by atoms with van der Waals surface area (Å²) in [6.07, 6.45) is 4.05. The van der Waals surface area contributed by atoms with Crippen molar-refractivity contribution in [1.29, 1.82) is 0 Å². The first kappa shape index (κ1) is 19.8. The normalized spacial score (nSPS) is 15.6. The van der Waals surface area contributed by atoms with Gasteiger partial charge in [0.05, 0.1) is 12.8 Å². The van der Waals surface area contributed by atoms with Crippen LogP contribution in [0.25, 0.3) is 0 Å². The molecule has 3 N–H and O–H groups in total. The van der Waals surface area contributed by atoms with Crippen LogP contribution < -0.4 is 16.0 Å². The predicted molar refractivity (Wildman–Crippen MR) is 99.5 cm³/mol. The summed E-state index contributed by atoms with van der Waals surface area (Å²) in [5, 5.41) is 8.71. The number of hydrogen-bond acceptors (Lipinski definition) is 4. The largest absolute Gasteiger partial charge is 0.467 e. The van der Waals surface area contributed by atoms with Gasteiger partial charge in [-0.2, -0.15) is 0 Å². The number of nitrogens with zero attached hydrogens (tertiary/aromatic N) is 2. The number of furan rings is 1. The van der Waals surface area contributed by atoms with Crippen LogP contribution in [-0.4, -0.2) is 55.9 Å². The lowest BCUT2D eigenvalue weighted by atomic mass is 9.93. The lowest BCUT2D eigenvalue weighted by Crippen LogP contribution is -2.46. The van der Waals surface area contributed by atoms with Crippen molar-refractivity contribution in [3.63, 3.8) is 0 Å². The molecule has 1 aromatic heterocycles. The van der Waals surface area contributed by atoms with Crippen molar-refractivity contribution in [2.75, 3.05) is 33.2 Å². The van der Waals surface area contributed by atoms with E-state index in [1.807, 2.05) is 13.0 Å². The molecule has 0 aliphatic carbocycles. The van der Waals surface area contributed by atoms with Crippen LogP contribution >= 0.6 is 0 Å². The Bertz CT molecular complexity index is 592. The summed E-state index contributed by atoms with van der Waals surface area (Å²) in [6.45, 7) is 4.85. The average molecular weight is 363 g/mol. The fourth-order valence-corrected chi connectivity index (χ4v) is 2.94. The minimum absolute atomic E-state index is 0.0706. The minimum atomic E-state index is -0.147. The number of likely N-dealkylation sites (tertiary alicyclic amines) is 1. The molecular weight excluding hydrogens is 334 g/mol. The summed E-state index contributed by atoms with van der Waals surface area (Å²) in [5.74, 6) is 1.82. The van der Waals surface area contributed by atoms with E-state index in [9.17, 15) is 9.59 Å². The van der Waals surface area contributed by atoms with Gasteiger partial charge in [-0.15, -0.1) is 0 Å². The van der Waals surface area contributed by atoms with Crippen molar-refractivity contribution >= 4 is 17.8 Å². The predicted octanol–water partition coefficient (Wildman–Crippen LogP) is 0.709. The van der Waals surface area contributed by atoms with E-state index in [-0.39, 0.29) is 18.4 Å². The van der Waals surface area contributed by atoms with Crippen molar-refractivity contribution in [3.8, 4) is 0 Å². The monoisotopic (exact) mass is 363 g/mol. The van der Waals surface area contributed by atoms with Crippen LogP contribution in [-0.2, 0) is 16.1 Å². The van der Waals surface area contributed by atoms with Gasteiger partial charge in [0.25, 0.3) is 0 Å². The Kier molecular flexibility index (Phi) is 7.98. The molecule has 1 aliphatic heterocycles. The Morgan fingerprint density at radius 1 is 1.27 bits per heavy atom. The molecule has 2 amide bonds. The number of carbonyl (C=O) groups excluding carboxylic acids is 2. The van der Waals surface area contributed by atoms with Gasteiger partial charge in [0.2, 0.25) is 11.8 Å². The highest BCUT2D eigenvalue weighted by Crippen LogP contribution is 2.20. The molecule has 0 bridgehead atoms. The first-order chi connectivity index (χ1) is 12.6. The molecule has 0 spiro atoms. The zero-order valence-electron chi connectivity index (χ0n) is 15.6. The van der Waals surface area contributed by atoms with Crippen LogP contribution in [0, 0.1) is 5.92 Å². The smallest absolute Gasteiger partial charge is 0.242 e. The number of rotatable bonds is 7. The second-order valence-electron chi connectivity index (χ2n) is 6.33. The van der Waals surface area contributed by atoms with Gasteiger partial charge in [-0.05, 0) is 37.8 Å². The van der Waals surface area contributed by atoms with Gasteiger partial charge < -0.3 is 25.3 Å². The number of carbonyl (C=O) groups is 2. The van der Waals surface area contributed by atoms with Crippen LogP contribution in [0.1, 0.15) is 31.9 Å². The Morgan fingerprint density at radius 3 is 2.65 bits per heavy atom. The van der Waals surface area contributed by atoms with Crippen molar-refractivity contribution in [2.45, 2.75) is 32.7 Å². The molecule has 1 fully saturated rings. The Morgan fingerprint density at radius 2 is 2.04 bits per heavy atom. The highest BCUT2D eigenvalue weighted by Gasteiger charge is 2.23. The minimum Gasteiger partial charge on any atom is -0.467 e. The standard InChI is InChI=1S/C18H29N5O3/c1-3-20-18(22-13-17(25)21-12-15-5-4-10-26-15)23-8-6-14(7-9-23)11-16(24)19-2/h4-5,10,14H,3,6-9,11-13H2,1-2H3,(H,19,24)(H,20,22)(H,21,25). The lowest BCUT2D eigenvalue weighted by Gasteiger charge is -2.34. The summed E-state index contributed by atoms with van der Waals surface area (Å²) in [4.78, 5) is 30.1. The fraction of sp³-hybridized carbons (Fsp3) is 0.611.